The topological polar surface area (TPSA) is 59.2 Å². The third-order valence-corrected chi connectivity index (χ3v) is 3.98. The van der Waals surface area contributed by atoms with Gasteiger partial charge < -0.3 is 9.42 Å². The number of rotatable bonds is 3. The van der Waals surface area contributed by atoms with E-state index in [1.807, 2.05) is 11.0 Å². The largest absolute Gasteiger partial charge is 0.340 e. The predicted molar refractivity (Wildman–Crippen MR) is 77.5 cm³/mol. The number of hydrogen-bond acceptors (Lipinski definition) is 4. The minimum atomic E-state index is 0.177. The molecule has 0 bridgehead atoms. The van der Waals surface area contributed by atoms with Crippen LogP contribution < -0.4 is 0 Å². The molecule has 0 saturated carbocycles. The van der Waals surface area contributed by atoms with Crippen LogP contribution in [0, 0.1) is 6.92 Å². The molecule has 21 heavy (non-hydrogen) atoms. The molecular weight excluding hydrogens is 266 g/mol. The van der Waals surface area contributed by atoms with Crippen LogP contribution in [0.2, 0.25) is 0 Å². The van der Waals surface area contributed by atoms with E-state index in [1.54, 1.807) is 6.92 Å². The van der Waals surface area contributed by atoms with Crippen LogP contribution in [0.3, 0.4) is 0 Å². The standard InChI is InChI=1S/C16H19N3O2/c1-12-17-15(18-21-12)11-19-10-9-14(7-8-16(19)20)13-5-3-2-4-6-13/h2-6,14H,7-11H2,1H3. The van der Waals surface area contributed by atoms with Gasteiger partial charge in [0.2, 0.25) is 11.8 Å². The number of amides is 1. The van der Waals surface area contributed by atoms with E-state index in [0.29, 0.717) is 30.6 Å². The van der Waals surface area contributed by atoms with Crippen molar-refractivity contribution in [2.45, 2.75) is 38.6 Å². The maximum absolute atomic E-state index is 12.2. The molecule has 1 fully saturated rings. The van der Waals surface area contributed by atoms with Gasteiger partial charge in [-0.1, -0.05) is 35.5 Å². The molecule has 0 aliphatic carbocycles. The first-order chi connectivity index (χ1) is 10.2. The molecule has 0 spiro atoms. The van der Waals surface area contributed by atoms with Crippen LogP contribution >= 0.6 is 0 Å². The highest BCUT2D eigenvalue weighted by atomic mass is 16.5. The fourth-order valence-electron chi connectivity index (χ4n) is 2.84. The second-order valence-electron chi connectivity index (χ2n) is 5.48. The molecule has 5 heteroatoms. The number of nitrogens with zero attached hydrogens (tertiary/aromatic N) is 3. The lowest BCUT2D eigenvalue weighted by Gasteiger charge is -2.19. The number of likely N-dealkylation sites (tertiary alicyclic amines) is 1. The molecular formula is C16H19N3O2. The summed E-state index contributed by atoms with van der Waals surface area (Å²) < 4.78 is 4.96. The molecule has 110 valence electrons. The molecule has 5 nitrogen and oxygen atoms in total. The zero-order valence-electron chi connectivity index (χ0n) is 12.2. The lowest BCUT2D eigenvalue weighted by molar-refractivity contribution is -0.131. The Kier molecular flexibility index (Phi) is 3.99. The van der Waals surface area contributed by atoms with Crippen molar-refractivity contribution >= 4 is 5.91 Å². The Balaban J connectivity index is 1.67. The second-order valence-corrected chi connectivity index (χ2v) is 5.48. The van der Waals surface area contributed by atoms with E-state index in [0.717, 1.165) is 19.4 Å². The zero-order valence-corrected chi connectivity index (χ0v) is 12.2. The van der Waals surface area contributed by atoms with Crippen LogP contribution in [0.25, 0.3) is 0 Å². The molecule has 1 unspecified atom stereocenters. The number of carbonyl (C=O) groups is 1. The van der Waals surface area contributed by atoms with E-state index in [9.17, 15) is 4.79 Å². The Bertz CT molecular complexity index is 609. The molecule has 1 atom stereocenters. The Morgan fingerprint density at radius 3 is 2.81 bits per heavy atom. The highest BCUT2D eigenvalue weighted by Gasteiger charge is 2.24. The molecule has 1 aromatic heterocycles. The van der Waals surface area contributed by atoms with Crippen LogP contribution in [0.5, 0.6) is 0 Å². The summed E-state index contributed by atoms with van der Waals surface area (Å²) in [6.07, 6.45) is 2.47. The van der Waals surface area contributed by atoms with Gasteiger partial charge in [0.15, 0.2) is 5.82 Å². The van der Waals surface area contributed by atoms with E-state index >= 15 is 0 Å². The van der Waals surface area contributed by atoms with Crippen molar-refractivity contribution in [3.05, 3.63) is 47.6 Å². The Labute approximate surface area is 124 Å². The average molecular weight is 285 g/mol. The molecule has 1 aliphatic heterocycles. The third-order valence-electron chi connectivity index (χ3n) is 3.98. The van der Waals surface area contributed by atoms with Gasteiger partial charge in [-0.2, -0.15) is 4.98 Å². The van der Waals surface area contributed by atoms with Crippen molar-refractivity contribution in [3.63, 3.8) is 0 Å². The van der Waals surface area contributed by atoms with Gasteiger partial charge in [-0.05, 0) is 24.3 Å². The SMILES string of the molecule is Cc1nc(CN2CCC(c3ccccc3)CCC2=O)no1. The summed E-state index contributed by atoms with van der Waals surface area (Å²) >= 11 is 0. The summed E-state index contributed by atoms with van der Waals surface area (Å²) in [5.41, 5.74) is 1.32. The van der Waals surface area contributed by atoms with E-state index in [4.69, 9.17) is 4.52 Å². The van der Waals surface area contributed by atoms with Gasteiger partial charge in [0.05, 0.1) is 6.54 Å². The fraction of sp³-hybridized carbons (Fsp3) is 0.438. The van der Waals surface area contributed by atoms with E-state index in [2.05, 4.69) is 34.4 Å². The number of aromatic nitrogens is 2. The van der Waals surface area contributed by atoms with E-state index < -0.39 is 0 Å². The highest BCUT2D eigenvalue weighted by Crippen LogP contribution is 2.28. The van der Waals surface area contributed by atoms with Crippen molar-refractivity contribution < 1.29 is 9.32 Å². The summed E-state index contributed by atoms with van der Waals surface area (Å²) in [6.45, 7) is 2.94. The number of aryl methyl sites for hydroxylation is 1. The van der Waals surface area contributed by atoms with Crippen LogP contribution in [-0.4, -0.2) is 27.5 Å². The molecule has 0 radical (unpaired) electrons. The molecule has 1 aromatic carbocycles. The maximum atomic E-state index is 12.2. The van der Waals surface area contributed by atoms with Crippen LogP contribution in [0.1, 0.15) is 42.5 Å². The van der Waals surface area contributed by atoms with E-state index in [-0.39, 0.29) is 5.91 Å². The first kappa shape index (κ1) is 13.8. The highest BCUT2D eigenvalue weighted by molar-refractivity contribution is 5.76. The first-order valence-electron chi connectivity index (χ1n) is 7.34. The lowest BCUT2D eigenvalue weighted by Crippen LogP contribution is -2.30. The second kappa shape index (κ2) is 6.08. The normalized spacial score (nSPS) is 19.6. The predicted octanol–water partition coefficient (Wildman–Crippen LogP) is 2.67. The molecule has 1 aliphatic rings. The van der Waals surface area contributed by atoms with Gasteiger partial charge in [0.25, 0.3) is 0 Å². The van der Waals surface area contributed by atoms with Crippen molar-refractivity contribution in [2.75, 3.05) is 6.54 Å². The molecule has 2 heterocycles. The summed E-state index contributed by atoms with van der Waals surface area (Å²) in [5.74, 6) is 1.75. The maximum Gasteiger partial charge on any atom is 0.223 e. The molecule has 2 aromatic rings. The quantitative estimate of drug-likeness (QED) is 0.870. The van der Waals surface area contributed by atoms with Crippen LogP contribution in [0.4, 0.5) is 0 Å². The monoisotopic (exact) mass is 285 g/mol. The first-order valence-corrected chi connectivity index (χ1v) is 7.34. The average Bonchev–Trinajstić information content (AvgIpc) is 2.82. The Morgan fingerprint density at radius 2 is 2.10 bits per heavy atom. The summed E-state index contributed by atoms with van der Waals surface area (Å²) in [4.78, 5) is 18.3. The molecule has 0 N–H and O–H groups in total. The van der Waals surface area contributed by atoms with Crippen LogP contribution in [-0.2, 0) is 11.3 Å². The van der Waals surface area contributed by atoms with Crippen molar-refractivity contribution in [3.8, 4) is 0 Å². The number of hydrogen-bond donors (Lipinski definition) is 0. The third kappa shape index (κ3) is 3.29. The van der Waals surface area contributed by atoms with Gasteiger partial charge in [-0.15, -0.1) is 0 Å². The van der Waals surface area contributed by atoms with Gasteiger partial charge in [0, 0.05) is 19.9 Å². The summed E-state index contributed by atoms with van der Waals surface area (Å²) in [7, 11) is 0. The minimum absolute atomic E-state index is 0.177. The molecule has 3 rings (SSSR count). The van der Waals surface area contributed by atoms with Gasteiger partial charge >= 0.3 is 0 Å². The smallest absolute Gasteiger partial charge is 0.223 e. The van der Waals surface area contributed by atoms with Gasteiger partial charge in [-0.25, -0.2) is 0 Å². The fourth-order valence-corrected chi connectivity index (χ4v) is 2.84. The Morgan fingerprint density at radius 1 is 1.29 bits per heavy atom. The van der Waals surface area contributed by atoms with Crippen LogP contribution in [0.15, 0.2) is 34.9 Å². The van der Waals surface area contributed by atoms with Crippen molar-refractivity contribution in [1.29, 1.82) is 0 Å². The molecule has 1 saturated heterocycles. The summed E-state index contributed by atoms with van der Waals surface area (Å²) in [6, 6.07) is 10.4. The van der Waals surface area contributed by atoms with E-state index in [1.165, 1.54) is 5.56 Å². The number of carbonyl (C=O) groups excluding carboxylic acids is 1. The van der Waals surface area contributed by atoms with Crippen molar-refractivity contribution in [2.24, 2.45) is 0 Å². The minimum Gasteiger partial charge on any atom is -0.340 e. The zero-order chi connectivity index (χ0) is 14.7. The number of benzene rings is 1. The van der Waals surface area contributed by atoms with Gasteiger partial charge in [0.1, 0.15) is 0 Å². The van der Waals surface area contributed by atoms with Crippen molar-refractivity contribution in [1.82, 2.24) is 15.0 Å². The Hall–Kier alpha value is -2.17. The van der Waals surface area contributed by atoms with Gasteiger partial charge in [-0.3, -0.25) is 4.79 Å². The molecule has 1 amide bonds. The lowest BCUT2D eigenvalue weighted by atomic mass is 9.92. The summed E-state index contributed by atoms with van der Waals surface area (Å²) in [5, 5.41) is 3.87.